The number of nitrogens with zero attached hydrogens (tertiary/aromatic N) is 3. The van der Waals surface area contributed by atoms with Crippen molar-refractivity contribution in [2.75, 3.05) is 20.6 Å². The average Bonchev–Trinajstić information content (AvgIpc) is 3.23. The highest BCUT2D eigenvalue weighted by Crippen LogP contribution is 2.18. The van der Waals surface area contributed by atoms with Crippen molar-refractivity contribution < 1.29 is 14.1 Å². The summed E-state index contributed by atoms with van der Waals surface area (Å²) in [5.74, 6) is -0.0941. The van der Waals surface area contributed by atoms with E-state index in [0.717, 1.165) is 17.7 Å². The summed E-state index contributed by atoms with van der Waals surface area (Å²) in [6.45, 7) is 2.91. The van der Waals surface area contributed by atoms with Gasteiger partial charge in [0.25, 0.3) is 11.8 Å². The first-order valence-electron chi connectivity index (χ1n) is 9.62. The van der Waals surface area contributed by atoms with Crippen molar-refractivity contribution in [2.24, 2.45) is 0 Å². The Morgan fingerprint density at radius 2 is 1.90 bits per heavy atom. The number of amides is 2. The second kappa shape index (κ2) is 9.80. The number of hydrogen-bond acceptors (Lipinski definition) is 6. The van der Waals surface area contributed by atoms with Crippen molar-refractivity contribution in [3.05, 3.63) is 71.7 Å². The lowest BCUT2D eigenvalue weighted by Gasteiger charge is -2.14. The summed E-state index contributed by atoms with van der Waals surface area (Å²) < 4.78 is 5.22. The number of pyridine rings is 1. The first-order chi connectivity index (χ1) is 14.4. The molecule has 0 bridgehead atoms. The van der Waals surface area contributed by atoms with E-state index in [1.807, 2.05) is 32.3 Å². The predicted octanol–water partition coefficient (Wildman–Crippen LogP) is 2.35. The Bertz CT molecular complexity index is 984. The van der Waals surface area contributed by atoms with Gasteiger partial charge in [-0.15, -0.1) is 0 Å². The molecule has 8 nitrogen and oxygen atoms in total. The van der Waals surface area contributed by atoms with E-state index in [2.05, 4.69) is 25.7 Å². The third-order valence-corrected chi connectivity index (χ3v) is 4.35. The molecule has 3 rings (SSSR count). The summed E-state index contributed by atoms with van der Waals surface area (Å²) in [4.78, 5) is 30.8. The Balaban J connectivity index is 1.49. The third kappa shape index (κ3) is 5.74. The van der Waals surface area contributed by atoms with Gasteiger partial charge < -0.3 is 20.1 Å². The molecule has 30 heavy (non-hydrogen) atoms. The molecule has 1 unspecified atom stereocenters. The first kappa shape index (κ1) is 21.2. The fourth-order valence-electron chi connectivity index (χ4n) is 2.85. The standard InChI is InChI=1S/C22H25N5O3/c1-15(12-24-21(28)17-8-6-16(7-9-17)14-27(2)3)25-22(29)19-11-20(30-26-19)18-5-4-10-23-13-18/h4-11,13,15H,12,14H2,1-3H3,(H,24,28)(H,25,29). The number of carbonyl (C=O) groups is 2. The van der Waals surface area contributed by atoms with E-state index in [0.29, 0.717) is 11.3 Å². The molecule has 0 aliphatic heterocycles. The molecule has 2 heterocycles. The zero-order chi connectivity index (χ0) is 21.5. The lowest BCUT2D eigenvalue weighted by Crippen LogP contribution is -2.41. The monoisotopic (exact) mass is 407 g/mol. The molecule has 2 N–H and O–H groups in total. The van der Waals surface area contributed by atoms with Crippen molar-refractivity contribution in [2.45, 2.75) is 19.5 Å². The van der Waals surface area contributed by atoms with Crippen LogP contribution in [0.2, 0.25) is 0 Å². The minimum absolute atomic E-state index is 0.170. The van der Waals surface area contributed by atoms with E-state index in [1.54, 1.807) is 43.6 Å². The minimum Gasteiger partial charge on any atom is -0.355 e. The van der Waals surface area contributed by atoms with Crippen molar-refractivity contribution >= 4 is 11.8 Å². The van der Waals surface area contributed by atoms with E-state index < -0.39 is 0 Å². The summed E-state index contributed by atoms with van der Waals surface area (Å²) in [5, 5.41) is 9.44. The number of hydrogen-bond donors (Lipinski definition) is 2. The third-order valence-electron chi connectivity index (χ3n) is 4.35. The molecule has 0 radical (unpaired) electrons. The number of aromatic nitrogens is 2. The number of rotatable bonds is 8. The van der Waals surface area contributed by atoms with Crippen molar-refractivity contribution in [3.8, 4) is 11.3 Å². The second-order valence-corrected chi connectivity index (χ2v) is 7.34. The van der Waals surface area contributed by atoms with Crippen LogP contribution in [0.3, 0.4) is 0 Å². The van der Waals surface area contributed by atoms with Gasteiger partial charge in [-0.2, -0.15) is 0 Å². The van der Waals surface area contributed by atoms with Crippen LogP contribution in [0.15, 0.2) is 59.4 Å². The average molecular weight is 407 g/mol. The van der Waals surface area contributed by atoms with Gasteiger partial charge in [-0.1, -0.05) is 17.3 Å². The van der Waals surface area contributed by atoms with E-state index in [4.69, 9.17) is 4.52 Å². The van der Waals surface area contributed by atoms with Crippen molar-refractivity contribution in [1.82, 2.24) is 25.7 Å². The van der Waals surface area contributed by atoms with E-state index in [1.165, 1.54) is 0 Å². The minimum atomic E-state index is -0.372. The van der Waals surface area contributed by atoms with Gasteiger partial charge in [0.2, 0.25) is 0 Å². The van der Waals surface area contributed by atoms with Crippen LogP contribution in [-0.2, 0) is 6.54 Å². The molecule has 0 saturated carbocycles. The van der Waals surface area contributed by atoms with Crippen LogP contribution in [-0.4, -0.2) is 53.5 Å². The molecule has 0 aliphatic carbocycles. The molecule has 1 atom stereocenters. The first-order valence-corrected chi connectivity index (χ1v) is 9.62. The molecule has 0 spiro atoms. The predicted molar refractivity (Wildman–Crippen MR) is 113 cm³/mol. The Labute approximate surface area is 175 Å². The fourth-order valence-corrected chi connectivity index (χ4v) is 2.85. The van der Waals surface area contributed by atoms with Crippen LogP contribution in [0.1, 0.15) is 33.3 Å². The Kier molecular flexibility index (Phi) is 6.92. The molecular weight excluding hydrogens is 382 g/mol. The fraction of sp³-hybridized carbons (Fsp3) is 0.273. The van der Waals surface area contributed by atoms with E-state index in [9.17, 15) is 9.59 Å². The van der Waals surface area contributed by atoms with Crippen LogP contribution in [0.25, 0.3) is 11.3 Å². The van der Waals surface area contributed by atoms with Gasteiger partial charge in [0.1, 0.15) is 0 Å². The molecule has 1 aromatic carbocycles. The number of benzene rings is 1. The molecule has 2 amide bonds. The van der Waals surface area contributed by atoms with Gasteiger partial charge in [-0.25, -0.2) is 0 Å². The highest BCUT2D eigenvalue weighted by Gasteiger charge is 2.16. The maximum Gasteiger partial charge on any atom is 0.273 e. The molecule has 3 aromatic rings. The summed E-state index contributed by atoms with van der Waals surface area (Å²) in [5.41, 5.74) is 2.62. The van der Waals surface area contributed by atoms with Crippen LogP contribution >= 0.6 is 0 Å². The summed E-state index contributed by atoms with van der Waals surface area (Å²) >= 11 is 0. The summed E-state index contributed by atoms with van der Waals surface area (Å²) in [6.07, 6.45) is 3.29. The maximum atomic E-state index is 12.4. The van der Waals surface area contributed by atoms with Crippen LogP contribution < -0.4 is 10.6 Å². The smallest absolute Gasteiger partial charge is 0.273 e. The zero-order valence-corrected chi connectivity index (χ0v) is 17.3. The molecule has 8 heteroatoms. The van der Waals surface area contributed by atoms with Gasteiger partial charge in [0, 0.05) is 48.7 Å². The van der Waals surface area contributed by atoms with Crippen molar-refractivity contribution in [3.63, 3.8) is 0 Å². The van der Waals surface area contributed by atoms with Crippen molar-refractivity contribution in [1.29, 1.82) is 0 Å². The molecule has 2 aromatic heterocycles. The van der Waals surface area contributed by atoms with Gasteiger partial charge >= 0.3 is 0 Å². The van der Waals surface area contributed by atoms with Crippen LogP contribution in [0.4, 0.5) is 0 Å². The quantitative estimate of drug-likeness (QED) is 0.595. The molecule has 0 aliphatic rings. The van der Waals surface area contributed by atoms with Crippen LogP contribution in [0, 0.1) is 0 Å². The highest BCUT2D eigenvalue weighted by atomic mass is 16.5. The Morgan fingerprint density at radius 3 is 2.57 bits per heavy atom. The largest absolute Gasteiger partial charge is 0.355 e. The second-order valence-electron chi connectivity index (χ2n) is 7.34. The lowest BCUT2D eigenvalue weighted by atomic mass is 10.1. The Hall–Kier alpha value is -3.52. The van der Waals surface area contributed by atoms with Gasteiger partial charge in [0.15, 0.2) is 11.5 Å². The summed E-state index contributed by atoms with van der Waals surface area (Å²) in [7, 11) is 3.99. The van der Waals surface area contributed by atoms with Crippen LogP contribution in [0.5, 0.6) is 0 Å². The van der Waals surface area contributed by atoms with E-state index >= 15 is 0 Å². The topological polar surface area (TPSA) is 100 Å². The molecule has 0 saturated heterocycles. The SMILES string of the molecule is CC(CNC(=O)c1ccc(CN(C)C)cc1)NC(=O)c1cc(-c2cccnc2)on1. The number of carbonyl (C=O) groups excluding carboxylic acids is 2. The number of nitrogens with one attached hydrogen (secondary N) is 2. The summed E-state index contributed by atoms with van der Waals surface area (Å²) in [6, 6.07) is 12.3. The maximum absolute atomic E-state index is 12.4. The van der Waals surface area contributed by atoms with Gasteiger partial charge in [-0.05, 0) is 50.8 Å². The lowest BCUT2D eigenvalue weighted by molar-refractivity contribution is 0.0906. The van der Waals surface area contributed by atoms with Gasteiger partial charge in [0.05, 0.1) is 0 Å². The molecule has 0 fully saturated rings. The van der Waals surface area contributed by atoms with E-state index in [-0.39, 0.29) is 30.1 Å². The van der Waals surface area contributed by atoms with Gasteiger partial charge in [-0.3, -0.25) is 14.6 Å². The zero-order valence-electron chi connectivity index (χ0n) is 17.3. The molecular formula is C22H25N5O3. The highest BCUT2D eigenvalue weighted by molar-refractivity contribution is 5.95. The molecule has 156 valence electrons. The Morgan fingerprint density at radius 1 is 1.13 bits per heavy atom. The normalized spacial score (nSPS) is 11.9.